The van der Waals surface area contributed by atoms with Crippen LogP contribution in [-0.4, -0.2) is 15.5 Å². The second-order valence-corrected chi connectivity index (χ2v) is 12.4. The van der Waals surface area contributed by atoms with Crippen molar-refractivity contribution in [3.8, 4) is 16.9 Å². The number of aromatic amines is 1. The summed E-state index contributed by atoms with van der Waals surface area (Å²) in [5.41, 5.74) is 8.57. The number of aryl methyl sites for hydroxylation is 4. The van der Waals surface area contributed by atoms with Gasteiger partial charge in [0.1, 0.15) is 6.10 Å². The summed E-state index contributed by atoms with van der Waals surface area (Å²) in [7, 11) is 0. The maximum atomic E-state index is 13.7. The van der Waals surface area contributed by atoms with Crippen molar-refractivity contribution in [3.05, 3.63) is 118 Å². The average molecular weight is 742 g/mol. The van der Waals surface area contributed by atoms with Gasteiger partial charge < -0.3 is 14.3 Å². The van der Waals surface area contributed by atoms with Gasteiger partial charge in [-0.3, -0.25) is 4.79 Å². The standard InChI is InChI=1S/C32H28I2N2O3/c1-17-6-7-18(2)31(27-16-29(37)24-14-22(33)10-12-26(24)35-27)30(17)21(5)39-32(38)25-15-23(34)11-13-28(25)36-19(3)8-9-20(36)4/h6-16,21H,1-5H3,(H,35,37). The molecule has 1 unspecified atom stereocenters. The maximum absolute atomic E-state index is 13.7. The Morgan fingerprint density at radius 3 is 2.21 bits per heavy atom. The van der Waals surface area contributed by atoms with Gasteiger partial charge in [-0.1, -0.05) is 12.1 Å². The van der Waals surface area contributed by atoms with Crippen LogP contribution < -0.4 is 5.43 Å². The van der Waals surface area contributed by atoms with Crippen LogP contribution in [0.2, 0.25) is 0 Å². The van der Waals surface area contributed by atoms with Gasteiger partial charge in [-0.15, -0.1) is 0 Å². The molecule has 2 aromatic heterocycles. The van der Waals surface area contributed by atoms with E-state index in [9.17, 15) is 9.59 Å². The minimum absolute atomic E-state index is 0.0465. The van der Waals surface area contributed by atoms with Gasteiger partial charge in [0.05, 0.1) is 16.9 Å². The van der Waals surface area contributed by atoms with Crippen LogP contribution in [0.25, 0.3) is 27.8 Å². The summed E-state index contributed by atoms with van der Waals surface area (Å²) in [4.78, 5) is 30.3. The molecule has 2 heterocycles. The van der Waals surface area contributed by atoms with Crippen molar-refractivity contribution in [2.45, 2.75) is 40.7 Å². The van der Waals surface area contributed by atoms with E-state index in [1.54, 1.807) is 6.07 Å². The van der Waals surface area contributed by atoms with E-state index in [0.717, 1.165) is 52.0 Å². The van der Waals surface area contributed by atoms with E-state index in [2.05, 4.69) is 54.7 Å². The Kier molecular flexibility index (Phi) is 7.74. The lowest BCUT2D eigenvalue weighted by Crippen LogP contribution is -2.15. The van der Waals surface area contributed by atoms with Gasteiger partial charge in [-0.2, -0.15) is 0 Å². The van der Waals surface area contributed by atoms with Crippen LogP contribution in [0, 0.1) is 34.8 Å². The highest BCUT2D eigenvalue weighted by Crippen LogP contribution is 2.36. The first-order chi connectivity index (χ1) is 18.5. The fourth-order valence-corrected chi connectivity index (χ4v) is 6.25. The highest BCUT2D eigenvalue weighted by molar-refractivity contribution is 14.1. The Balaban J connectivity index is 1.59. The first-order valence-electron chi connectivity index (χ1n) is 12.6. The predicted octanol–water partition coefficient (Wildman–Crippen LogP) is 8.35. The van der Waals surface area contributed by atoms with E-state index in [-0.39, 0.29) is 5.43 Å². The highest BCUT2D eigenvalue weighted by atomic mass is 127. The summed E-state index contributed by atoms with van der Waals surface area (Å²) >= 11 is 4.43. The molecular formula is C32H28I2N2O3. The lowest BCUT2D eigenvalue weighted by atomic mass is 9.91. The highest BCUT2D eigenvalue weighted by Gasteiger charge is 2.24. The smallest absolute Gasteiger partial charge is 0.340 e. The third kappa shape index (κ3) is 5.30. The van der Waals surface area contributed by atoms with Crippen molar-refractivity contribution in [2.75, 3.05) is 0 Å². The number of hydrogen-bond acceptors (Lipinski definition) is 3. The quantitative estimate of drug-likeness (QED) is 0.146. The first kappa shape index (κ1) is 27.6. The molecule has 0 saturated heterocycles. The van der Waals surface area contributed by atoms with Crippen LogP contribution in [-0.2, 0) is 4.74 Å². The molecule has 5 aromatic rings. The van der Waals surface area contributed by atoms with Gasteiger partial charge in [-0.05, 0) is 139 Å². The van der Waals surface area contributed by atoms with Crippen molar-refractivity contribution in [2.24, 2.45) is 0 Å². The van der Waals surface area contributed by atoms with Crippen LogP contribution in [0.5, 0.6) is 0 Å². The number of nitrogens with one attached hydrogen (secondary N) is 1. The van der Waals surface area contributed by atoms with Gasteiger partial charge in [0.15, 0.2) is 5.43 Å². The number of nitrogens with zero attached hydrogens (tertiary/aromatic N) is 1. The van der Waals surface area contributed by atoms with E-state index in [4.69, 9.17) is 4.74 Å². The molecule has 39 heavy (non-hydrogen) atoms. The van der Waals surface area contributed by atoms with Gasteiger partial charge in [0, 0.05) is 46.6 Å². The van der Waals surface area contributed by atoms with Crippen LogP contribution in [0.1, 0.15) is 51.5 Å². The van der Waals surface area contributed by atoms with E-state index in [1.165, 1.54) is 0 Å². The topological polar surface area (TPSA) is 64.1 Å². The summed E-state index contributed by atoms with van der Waals surface area (Å²) < 4.78 is 10.2. The summed E-state index contributed by atoms with van der Waals surface area (Å²) in [5, 5.41) is 0.652. The normalized spacial score (nSPS) is 12.1. The lowest BCUT2D eigenvalue weighted by molar-refractivity contribution is 0.0338. The number of halogens is 2. The number of carbonyl (C=O) groups excluding carboxylic acids is 1. The Labute approximate surface area is 254 Å². The summed E-state index contributed by atoms with van der Waals surface area (Å²) in [6.45, 7) is 9.96. The van der Waals surface area contributed by atoms with Crippen molar-refractivity contribution >= 4 is 62.1 Å². The minimum Gasteiger partial charge on any atom is -0.454 e. The van der Waals surface area contributed by atoms with Gasteiger partial charge in [0.2, 0.25) is 0 Å². The number of aromatic nitrogens is 2. The Morgan fingerprint density at radius 1 is 0.846 bits per heavy atom. The van der Waals surface area contributed by atoms with E-state index in [0.29, 0.717) is 16.6 Å². The van der Waals surface area contributed by atoms with Crippen LogP contribution >= 0.6 is 45.2 Å². The second-order valence-electron chi connectivity index (χ2n) is 9.89. The minimum atomic E-state index is -0.555. The molecule has 1 atom stereocenters. The molecular weight excluding hydrogens is 714 g/mol. The molecule has 0 aliphatic heterocycles. The van der Waals surface area contributed by atoms with Crippen molar-refractivity contribution in [3.63, 3.8) is 0 Å². The van der Waals surface area contributed by atoms with Gasteiger partial charge >= 0.3 is 5.97 Å². The van der Waals surface area contributed by atoms with Crippen molar-refractivity contribution < 1.29 is 9.53 Å². The molecule has 7 heteroatoms. The largest absolute Gasteiger partial charge is 0.454 e. The SMILES string of the molecule is Cc1ccc(C)c(C(C)OC(=O)c2cc(I)ccc2-n2c(C)ccc2C)c1-c1cc(=O)c2cc(I)ccc2[nH]1. The fourth-order valence-electron chi connectivity index (χ4n) is 5.27. The molecule has 0 spiro atoms. The monoisotopic (exact) mass is 742 g/mol. The molecule has 198 valence electrons. The molecule has 5 rings (SSSR count). The summed E-state index contributed by atoms with van der Waals surface area (Å²) in [6, 6.07) is 21.4. The van der Waals surface area contributed by atoms with E-state index >= 15 is 0 Å². The number of ether oxygens (including phenoxy) is 1. The molecule has 0 aliphatic carbocycles. The number of carbonyl (C=O) groups is 1. The zero-order valence-corrected chi connectivity index (χ0v) is 26.7. The van der Waals surface area contributed by atoms with E-state index in [1.807, 2.05) is 95.3 Å². The number of benzene rings is 3. The third-order valence-electron chi connectivity index (χ3n) is 7.11. The third-order valence-corrected chi connectivity index (χ3v) is 8.46. The molecule has 0 fully saturated rings. The molecule has 1 N–H and O–H groups in total. The molecule has 5 nitrogen and oxygen atoms in total. The van der Waals surface area contributed by atoms with Crippen LogP contribution in [0.3, 0.4) is 0 Å². The average Bonchev–Trinajstić information content (AvgIpc) is 3.22. The number of rotatable bonds is 5. The molecule has 0 saturated carbocycles. The number of pyridine rings is 1. The maximum Gasteiger partial charge on any atom is 0.340 e. The molecule has 0 amide bonds. The summed E-state index contributed by atoms with van der Waals surface area (Å²) in [5.74, 6) is -0.392. The van der Waals surface area contributed by atoms with Crippen molar-refractivity contribution in [1.29, 1.82) is 0 Å². The Bertz CT molecular complexity index is 1800. The Hall–Kier alpha value is -2.92. The van der Waals surface area contributed by atoms with Gasteiger partial charge in [-0.25, -0.2) is 4.79 Å². The summed E-state index contributed by atoms with van der Waals surface area (Å²) in [6.07, 6.45) is -0.555. The number of H-pyrrole nitrogens is 1. The zero-order chi connectivity index (χ0) is 28.0. The Morgan fingerprint density at radius 2 is 1.49 bits per heavy atom. The number of esters is 1. The van der Waals surface area contributed by atoms with Crippen LogP contribution in [0.4, 0.5) is 0 Å². The lowest BCUT2D eigenvalue weighted by Gasteiger charge is -2.23. The van der Waals surface area contributed by atoms with Crippen molar-refractivity contribution in [1.82, 2.24) is 9.55 Å². The fraction of sp³-hybridized carbons (Fsp3) is 0.188. The second kappa shape index (κ2) is 10.9. The zero-order valence-electron chi connectivity index (χ0n) is 22.4. The number of fused-ring (bicyclic) bond motifs is 1. The predicted molar refractivity (Wildman–Crippen MR) is 174 cm³/mol. The molecule has 0 radical (unpaired) electrons. The van der Waals surface area contributed by atoms with E-state index < -0.39 is 12.1 Å². The number of hydrogen-bond donors (Lipinski definition) is 1. The van der Waals surface area contributed by atoms with Gasteiger partial charge in [0.25, 0.3) is 0 Å². The van der Waals surface area contributed by atoms with Crippen LogP contribution in [0.15, 0.2) is 71.5 Å². The molecule has 0 bridgehead atoms. The molecule has 0 aliphatic rings. The molecule has 3 aromatic carbocycles. The first-order valence-corrected chi connectivity index (χ1v) is 14.8.